The molecular weight excluding hydrogens is 154 g/mol. The van der Waals surface area contributed by atoms with Crippen LogP contribution in [0.1, 0.15) is 12.8 Å². The summed E-state index contributed by atoms with van der Waals surface area (Å²) in [6, 6.07) is 0. The third-order valence-electron chi connectivity index (χ3n) is 1.42. The summed E-state index contributed by atoms with van der Waals surface area (Å²) in [5.41, 5.74) is 0. The maximum absolute atomic E-state index is 3.67. The van der Waals surface area contributed by atoms with Gasteiger partial charge in [0.05, 0.1) is 0 Å². The fourth-order valence-corrected chi connectivity index (χ4v) is 1.41. The number of thioether (sulfide) groups is 1. The summed E-state index contributed by atoms with van der Waals surface area (Å²) < 4.78 is 0. The zero-order chi connectivity index (χ0) is 8.53. The van der Waals surface area contributed by atoms with Crippen LogP contribution in [-0.4, -0.2) is 19.8 Å². The number of rotatable bonds is 6. The molecule has 0 aromatic heterocycles. The second-order valence-corrected chi connectivity index (χ2v) is 3.21. The molecule has 1 N–H and O–H groups in total. The standard InChI is InChI=1S/C9H17NS/c1-4-6-9(11-3)7-5-8-10-2/h4,6,10H,1,5,7-8H2,2-3H3/b9-6-. The van der Waals surface area contributed by atoms with Crippen LogP contribution in [0.3, 0.4) is 0 Å². The molecule has 11 heavy (non-hydrogen) atoms. The van der Waals surface area contributed by atoms with Gasteiger partial charge < -0.3 is 5.32 Å². The van der Waals surface area contributed by atoms with Gasteiger partial charge in [-0.3, -0.25) is 0 Å². The minimum atomic E-state index is 1.09. The Bertz CT molecular complexity index is 130. The number of allylic oxidation sites excluding steroid dienone is 3. The maximum atomic E-state index is 3.67. The Morgan fingerprint density at radius 2 is 2.36 bits per heavy atom. The summed E-state index contributed by atoms with van der Waals surface area (Å²) >= 11 is 1.81. The summed E-state index contributed by atoms with van der Waals surface area (Å²) in [7, 11) is 1.98. The molecule has 0 heterocycles. The van der Waals surface area contributed by atoms with Gasteiger partial charge in [0.15, 0.2) is 0 Å². The highest BCUT2D eigenvalue weighted by atomic mass is 32.2. The van der Waals surface area contributed by atoms with Crippen molar-refractivity contribution in [3.63, 3.8) is 0 Å². The predicted molar refractivity (Wildman–Crippen MR) is 55.0 cm³/mol. The lowest BCUT2D eigenvalue weighted by molar-refractivity contribution is 0.732. The molecule has 0 rings (SSSR count). The van der Waals surface area contributed by atoms with E-state index in [9.17, 15) is 0 Å². The summed E-state index contributed by atoms with van der Waals surface area (Å²) in [6.45, 7) is 4.76. The molecule has 0 amide bonds. The molecular formula is C9H17NS. The van der Waals surface area contributed by atoms with Gasteiger partial charge in [0, 0.05) is 0 Å². The monoisotopic (exact) mass is 171 g/mol. The van der Waals surface area contributed by atoms with Crippen molar-refractivity contribution in [1.82, 2.24) is 5.32 Å². The van der Waals surface area contributed by atoms with E-state index >= 15 is 0 Å². The number of hydrogen-bond donors (Lipinski definition) is 1. The molecule has 1 nitrogen and oxygen atoms in total. The average molecular weight is 171 g/mol. The highest BCUT2D eigenvalue weighted by molar-refractivity contribution is 8.02. The third kappa shape index (κ3) is 6.20. The Morgan fingerprint density at radius 1 is 1.64 bits per heavy atom. The SMILES string of the molecule is C=C/C=C(/CCCNC)SC. The summed E-state index contributed by atoms with van der Waals surface area (Å²) in [5.74, 6) is 0. The Hall–Kier alpha value is -0.210. The van der Waals surface area contributed by atoms with E-state index in [-0.39, 0.29) is 0 Å². The van der Waals surface area contributed by atoms with E-state index in [1.54, 1.807) is 0 Å². The Balaban J connectivity index is 3.52. The van der Waals surface area contributed by atoms with Gasteiger partial charge in [-0.15, -0.1) is 11.8 Å². The van der Waals surface area contributed by atoms with Crippen LogP contribution >= 0.6 is 11.8 Å². The predicted octanol–water partition coefficient (Wildman–Crippen LogP) is 2.42. The van der Waals surface area contributed by atoms with Crippen molar-refractivity contribution in [2.24, 2.45) is 0 Å². The smallest absolute Gasteiger partial charge is 0.00486 e. The van der Waals surface area contributed by atoms with Crippen molar-refractivity contribution in [3.05, 3.63) is 23.6 Å². The lowest BCUT2D eigenvalue weighted by Crippen LogP contribution is -2.07. The van der Waals surface area contributed by atoms with Crippen molar-refractivity contribution in [1.29, 1.82) is 0 Å². The van der Waals surface area contributed by atoms with Gasteiger partial charge in [-0.05, 0) is 37.6 Å². The first-order valence-corrected chi connectivity index (χ1v) is 5.07. The van der Waals surface area contributed by atoms with Crippen molar-refractivity contribution in [2.75, 3.05) is 19.8 Å². The van der Waals surface area contributed by atoms with E-state index in [1.807, 2.05) is 24.9 Å². The molecule has 0 aromatic rings. The van der Waals surface area contributed by atoms with Gasteiger partial charge >= 0.3 is 0 Å². The molecule has 0 aliphatic heterocycles. The van der Waals surface area contributed by atoms with Crippen LogP contribution in [-0.2, 0) is 0 Å². The van der Waals surface area contributed by atoms with E-state index < -0.39 is 0 Å². The van der Waals surface area contributed by atoms with Crippen LogP contribution in [0.25, 0.3) is 0 Å². The van der Waals surface area contributed by atoms with Crippen molar-refractivity contribution in [2.45, 2.75) is 12.8 Å². The second kappa shape index (κ2) is 7.89. The summed E-state index contributed by atoms with van der Waals surface area (Å²) in [6.07, 6.45) is 8.41. The van der Waals surface area contributed by atoms with Crippen LogP contribution in [0, 0.1) is 0 Å². The van der Waals surface area contributed by atoms with Crippen LogP contribution in [0.2, 0.25) is 0 Å². The Morgan fingerprint density at radius 3 is 2.82 bits per heavy atom. The fourth-order valence-electron chi connectivity index (χ4n) is 0.824. The average Bonchev–Trinajstić information content (AvgIpc) is 2.03. The number of nitrogens with one attached hydrogen (secondary N) is 1. The molecule has 64 valence electrons. The van der Waals surface area contributed by atoms with E-state index in [1.165, 1.54) is 11.3 Å². The Kier molecular flexibility index (Phi) is 7.74. The molecule has 0 aromatic carbocycles. The fraction of sp³-hybridized carbons (Fsp3) is 0.556. The van der Waals surface area contributed by atoms with Crippen molar-refractivity contribution >= 4 is 11.8 Å². The topological polar surface area (TPSA) is 12.0 Å². The maximum Gasteiger partial charge on any atom is -0.00486 e. The molecule has 0 saturated heterocycles. The molecule has 0 unspecified atom stereocenters. The molecule has 2 heteroatoms. The van der Waals surface area contributed by atoms with Crippen LogP contribution in [0.5, 0.6) is 0 Å². The van der Waals surface area contributed by atoms with E-state index in [0.29, 0.717) is 0 Å². The normalized spacial score (nSPS) is 11.6. The molecule has 0 aliphatic rings. The van der Waals surface area contributed by atoms with Crippen molar-refractivity contribution < 1.29 is 0 Å². The van der Waals surface area contributed by atoms with E-state index in [2.05, 4.69) is 24.2 Å². The molecule has 0 saturated carbocycles. The molecule has 0 fully saturated rings. The van der Waals surface area contributed by atoms with E-state index in [4.69, 9.17) is 0 Å². The quantitative estimate of drug-likeness (QED) is 0.486. The van der Waals surface area contributed by atoms with E-state index in [0.717, 1.165) is 13.0 Å². The van der Waals surface area contributed by atoms with Gasteiger partial charge in [-0.1, -0.05) is 18.7 Å². The zero-order valence-electron chi connectivity index (χ0n) is 7.39. The first-order chi connectivity index (χ1) is 5.35. The largest absolute Gasteiger partial charge is 0.320 e. The van der Waals surface area contributed by atoms with Crippen LogP contribution < -0.4 is 5.32 Å². The minimum Gasteiger partial charge on any atom is -0.320 e. The molecule has 0 spiro atoms. The first-order valence-electron chi connectivity index (χ1n) is 3.85. The second-order valence-electron chi connectivity index (χ2n) is 2.28. The van der Waals surface area contributed by atoms with Gasteiger partial charge in [-0.25, -0.2) is 0 Å². The Labute approximate surface area is 74.0 Å². The first kappa shape index (κ1) is 10.8. The zero-order valence-corrected chi connectivity index (χ0v) is 8.21. The van der Waals surface area contributed by atoms with Gasteiger partial charge in [0.1, 0.15) is 0 Å². The molecule has 0 bridgehead atoms. The number of hydrogen-bond acceptors (Lipinski definition) is 2. The summed E-state index contributed by atoms with van der Waals surface area (Å²) in [5, 5.41) is 3.13. The van der Waals surface area contributed by atoms with Gasteiger partial charge in [-0.2, -0.15) is 0 Å². The highest BCUT2D eigenvalue weighted by Gasteiger charge is 1.92. The summed E-state index contributed by atoms with van der Waals surface area (Å²) in [4.78, 5) is 1.41. The molecule has 0 aliphatic carbocycles. The minimum absolute atomic E-state index is 1.09. The lowest BCUT2D eigenvalue weighted by atomic mass is 10.3. The van der Waals surface area contributed by atoms with Crippen LogP contribution in [0.15, 0.2) is 23.6 Å². The van der Waals surface area contributed by atoms with Crippen LogP contribution in [0.4, 0.5) is 0 Å². The molecule has 0 atom stereocenters. The molecule has 0 radical (unpaired) electrons. The third-order valence-corrected chi connectivity index (χ3v) is 2.28. The highest BCUT2D eigenvalue weighted by Crippen LogP contribution is 2.16. The lowest BCUT2D eigenvalue weighted by Gasteiger charge is -2.01. The van der Waals surface area contributed by atoms with Gasteiger partial charge in [0.2, 0.25) is 0 Å². The van der Waals surface area contributed by atoms with Gasteiger partial charge in [0.25, 0.3) is 0 Å². The van der Waals surface area contributed by atoms with Crippen molar-refractivity contribution in [3.8, 4) is 0 Å².